The smallest absolute Gasteiger partial charge is 0.251 e. The highest BCUT2D eigenvalue weighted by atomic mass is 32.1. The van der Waals surface area contributed by atoms with Crippen LogP contribution in [0.4, 0.5) is 0 Å². The molecule has 2 rings (SSSR count). The predicted octanol–water partition coefficient (Wildman–Crippen LogP) is 2.51. The van der Waals surface area contributed by atoms with Crippen molar-refractivity contribution in [2.24, 2.45) is 5.92 Å². The Kier molecular flexibility index (Phi) is 3.31. The molecular weight excluding hydrogens is 206 g/mol. The third-order valence-corrected chi connectivity index (χ3v) is 3.20. The van der Waals surface area contributed by atoms with Crippen LogP contribution in [0.5, 0.6) is 0 Å². The van der Waals surface area contributed by atoms with Crippen LogP contribution in [-0.4, -0.2) is 12.5 Å². The van der Waals surface area contributed by atoms with E-state index in [1.807, 2.05) is 12.1 Å². The first kappa shape index (κ1) is 10.6. The standard InChI is InChI=1S/C12H15NOS/c14-12(13-8-9-2-1-3-9)10-4-6-11(15)7-5-10/h4-7,9,15H,1-3,8H2,(H,13,14). The summed E-state index contributed by atoms with van der Waals surface area (Å²) < 4.78 is 0. The molecule has 3 heteroatoms. The lowest BCUT2D eigenvalue weighted by Gasteiger charge is -2.25. The van der Waals surface area contributed by atoms with Crippen molar-refractivity contribution in [1.29, 1.82) is 0 Å². The van der Waals surface area contributed by atoms with Crippen molar-refractivity contribution in [3.63, 3.8) is 0 Å². The average Bonchev–Trinajstić information content (AvgIpc) is 2.16. The first-order valence-electron chi connectivity index (χ1n) is 5.33. The van der Waals surface area contributed by atoms with Gasteiger partial charge in [-0.1, -0.05) is 6.42 Å². The molecule has 0 bridgehead atoms. The van der Waals surface area contributed by atoms with E-state index < -0.39 is 0 Å². The summed E-state index contributed by atoms with van der Waals surface area (Å²) in [6, 6.07) is 7.28. The van der Waals surface area contributed by atoms with Gasteiger partial charge in [0, 0.05) is 17.0 Å². The van der Waals surface area contributed by atoms with E-state index in [0.29, 0.717) is 11.5 Å². The normalized spacial score (nSPS) is 15.8. The van der Waals surface area contributed by atoms with Crippen molar-refractivity contribution in [2.75, 3.05) is 6.54 Å². The van der Waals surface area contributed by atoms with E-state index in [9.17, 15) is 4.79 Å². The van der Waals surface area contributed by atoms with Crippen LogP contribution >= 0.6 is 12.6 Å². The third-order valence-electron chi connectivity index (χ3n) is 2.91. The molecule has 1 aromatic carbocycles. The minimum absolute atomic E-state index is 0.0234. The second kappa shape index (κ2) is 4.71. The molecule has 0 saturated heterocycles. The van der Waals surface area contributed by atoms with Crippen molar-refractivity contribution >= 4 is 18.5 Å². The average molecular weight is 221 g/mol. The molecule has 0 heterocycles. The van der Waals surface area contributed by atoms with Crippen molar-refractivity contribution in [3.05, 3.63) is 29.8 Å². The van der Waals surface area contributed by atoms with Gasteiger partial charge in [-0.05, 0) is 43.0 Å². The monoisotopic (exact) mass is 221 g/mol. The third kappa shape index (κ3) is 2.75. The Morgan fingerprint density at radius 3 is 2.53 bits per heavy atom. The Balaban J connectivity index is 1.86. The van der Waals surface area contributed by atoms with Crippen molar-refractivity contribution < 1.29 is 4.79 Å². The molecule has 0 unspecified atom stereocenters. The molecule has 1 aliphatic carbocycles. The Labute approximate surface area is 95.5 Å². The zero-order valence-electron chi connectivity index (χ0n) is 8.57. The summed E-state index contributed by atoms with van der Waals surface area (Å²) in [6.07, 6.45) is 3.83. The summed E-state index contributed by atoms with van der Waals surface area (Å²) >= 11 is 4.18. The molecule has 0 radical (unpaired) electrons. The number of benzene rings is 1. The minimum Gasteiger partial charge on any atom is -0.352 e. The summed E-state index contributed by atoms with van der Waals surface area (Å²) in [7, 11) is 0. The van der Waals surface area contributed by atoms with E-state index in [0.717, 1.165) is 11.4 Å². The van der Waals surface area contributed by atoms with Crippen LogP contribution in [0.2, 0.25) is 0 Å². The van der Waals surface area contributed by atoms with Gasteiger partial charge in [-0.25, -0.2) is 0 Å². The number of hydrogen-bond acceptors (Lipinski definition) is 2. The molecule has 80 valence electrons. The fourth-order valence-corrected chi connectivity index (χ4v) is 1.80. The van der Waals surface area contributed by atoms with Crippen molar-refractivity contribution in [2.45, 2.75) is 24.2 Å². The second-order valence-electron chi connectivity index (χ2n) is 4.05. The number of carbonyl (C=O) groups excluding carboxylic acids is 1. The molecule has 1 amide bonds. The molecule has 0 aliphatic heterocycles. The summed E-state index contributed by atoms with van der Waals surface area (Å²) in [5, 5.41) is 2.96. The van der Waals surface area contributed by atoms with Gasteiger partial charge in [-0.15, -0.1) is 12.6 Å². The number of carbonyl (C=O) groups is 1. The van der Waals surface area contributed by atoms with Gasteiger partial charge < -0.3 is 5.32 Å². The van der Waals surface area contributed by atoms with E-state index in [-0.39, 0.29) is 5.91 Å². The lowest BCUT2D eigenvalue weighted by atomic mass is 9.85. The van der Waals surface area contributed by atoms with E-state index in [1.165, 1.54) is 19.3 Å². The predicted molar refractivity (Wildman–Crippen MR) is 63.4 cm³/mol. The fourth-order valence-electron chi connectivity index (χ4n) is 1.65. The number of thiol groups is 1. The SMILES string of the molecule is O=C(NCC1CCC1)c1ccc(S)cc1. The van der Waals surface area contributed by atoms with Gasteiger partial charge in [0.25, 0.3) is 5.91 Å². The van der Waals surface area contributed by atoms with Crippen LogP contribution in [-0.2, 0) is 0 Å². The van der Waals surface area contributed by atoms with Gasteiger partial charge in [0.15, 0.2) is 0 Å². The summed E-state index contributed by atoms with van der Waals surface area (Å²) in [6.45, 7) is 0.821. The van der Waals surface area contributed by atoms with E-state index in [4.69, 9.17) is 0 Å². The highest BCUT2D eigenvalue weighted by Gasteiger charge is 2.17. The van der Waals surface area contributed by atoms with Crippen LogP contribution in [0.25, 0.3) is 0 Å². The Bertz CT molecular complexity index is 343. The van der Waals surface area contributed by atoms with Gasteiger partial charge in [0.2, 0.25) is 0 Å². The maximum atomic E-state index is 11.7. The molecule has 0 aromatic heterocycles. The maximum Gasteiger partial charge on any atom is 0.251 e. The van der Waals surface area contributed by atoms with Gasteiger partial charge in [0.05, 0.1) is 0 Å². The second-order valence-corrected chi connectivity index (χ2v) is 4.57. The lowest BCUT2D eigenvalue weighted by molar-refractivity contribution is 0.0939. The van der Waals surface area contributed by atoms with Crippen LogP contribution in [0.1, 0.15) is 29.6 Å². The molecule has 0 atom stereocenters. The molecule has 15 heavy (non-hydrogen) atoms. The lowest BCUT2D eigenvalue weighted by Crippen LogP contribution is -2.32. The summed E-state index contributed by atoms with van der Waals surface area (Å²) in [5.74, 6) is 0.730. The number of nitrogens with one attached hydrogen (secondary N) is 1. The number of hydrogen-bond donors (Lipinski definition) is 2. The quantitative estimate of drug-likeness (QED) is 0.754. The Hall–Kier alpha value is -0.960. The van der Waals surface area contributed by atoms with E-state index in [2.05, 4.69) is 17.9 Å². The summed E-state index contributed by atoms with van der Waals surface area (Å²) in [4.78, 5) is 12.5. The zero-order chi connectivity index (χ0) is 10.7. The van der Waals surface area contributed by atoms with E-state index in [1.54, 1.807) is 12.1 Å². The van der Waals surface area contributed by atoms with Gasteiger partial charge in [-0.2, -0.15) is 0 Å². The maximum absolute atomic E-state index is 11.7. The molecule has 1 aromatic rings. The highest BCUT2D eigenvalue weighted by molar-refractivity contribution is 7.80. The molecule has 1 saturated carbocycles. The topological polar surface area (TPSA) is 29.1 Å². The van der Waals surface area contributed by atoms with Gasteiger partial charge >= 0.3 is 0 Å². The van der Waals surface area contributed by atoms with Crippen molar-refractivity contribution in [3.8, 4) is 0 Å². The molecule has 1 aliphatic rings. The zero-order valence-corrected chi connectivity index (χ0v) is 9.47. The summed E-state index contributed by atoms with van der Waals surface area (Å²) in [5.41, 5.74) is 0.715. The molecule has 0 spiro atoms. The molecule has 1 fully saturated rings. The van der Waals surface area contributed by atoms with Crippen LogP contribution < -0.4 is 5.32 Å². The number of amides is 1. The molecule has 1 N–H and O–H groups in total. The van der Waals surface area contributed by atoms with Gasteiger partial charge in [-0.3, -0.25) is 4.79 Å². The van der Waals surface area contributed by atoms with Crippen LogP contribution in [0, 0.1) is 5.92 Å². The van der Waals surface area contributed by atoms with Gasteiger partial charge in [0.1, 0.15) is 0 Å². The Morgan fingerprint density at radius 1 is 1.33 bits per heavy atom. The van der Waals surface area contributed by atoms with Crippen LogP contribution in [0.15, 0.2) is 29.2 Å². The van der Waals surface area contributed by atoms with Crippen LogP contribution in [0.3, 0.4) is 0 Å². The highest BCUT2D eigenvalue weighted by Crippen LogP contribution is 2.25. The van der Waals surface area contributed by atoms with E-state index >= 15 is 0 Å². The minimum atomic E-state index is 0.0234. The fraction of sp³-hybridized carbons (Fsp3) is 0.417. The first-order chi connectivity index (χ1) is 7.25. The van der Waals surface area contributed by atoms with Crippen molar-refractivity contribution in [1.82, 2.24) is 5.32 Å². The largest absolute Gasteiger partial charge is 0.352 e. The number of rotatable bonds is 3. The molecular formula is C12H15NOS. The molecule has 2 nitrogen and oxygen atoms in total. The first-order valence-corrected chi connectivity index (χ1v) is 5.77. The Morgan fingerprint density at radius 2 is 2.00 bits per heavy atom.